The van der Waals surface area contributed by atoms with Crippen molar-refractivity contribution >= 4 is 29.1 Å². The van der Waals surface area contributed by atoms with Gasteiger partial charge in [0.25, 0.3) is 0 Å². The molecule has 0 radical (unpaired) electrons. The number of anilines is 2. The lowest BCUT2D eigenvalue weighted by molar-refractivity contribution is -0.137. The van der Waals surface area contributed by atoms with Crippen molar-refractivity contribution in [2.24, 2.45) is 11.8 Å². The van der Waals surface area contributed by atoms with E-state index in [2.05, 4.69) is 10.6 Å². The summed E-state index contributed by atoms with van der Waals surface area (Å²) in [5, 5.41) is 15.4. The van der Waals surface area contributed by atoms with Crippen LogP contribution in [0.2, 0.25) is 0 Å². The van der Waals surface area contributed by atoms with Crippen molar-refractivity contribution in [3.05, 3.63) is 89.2 Å². The average molecular weight is 525 g/mol. The topological polar surface area (TPSA) is 98.7 Å². The van der Waals surface area contributed by atoms with Gasteiger partial charge in [0.1, 0.15) is 17.1 Å². The lowest BCUT2D eigenvalue weighted by atomic mass is 9.76. The molecular weight excluding hydrogens is 506 g/mol. The standard InChI is InChI=1S/C27H19F4N3O4/c28-15-6-9-19-18(12-15)26(25(38)32-19)22-21(20(33-26)10-13-4-7-17(35)8-5-13)23(36)34(24(22)37)16-3-1-2-14(11-16)27(29,30)31/h1-9,11-12,20-22,33,35H,10H2,(H,32,38)/t20-,21+,22-,26+/m0/s1. The van der Waals surface area contributed by atoms with Gasteiger partial charge in [0.05, 0.1) is 23.1 Å². The molecule has 3 aliphatic rings. The highest BCUT2D eigenvalue weighted by molar-refractivity contribution is 6.25. The number of fused-ring (bicyclic) bond motifs is 4. The highest BCUT2D eigenvalue weighted by atomic mass is 19.4. The van der Waals surface area contributed by atoms with Gasteiger partial charge in [-0.1, -0.05) is 18.2 Å². The Morgan fingerprint density at radius 3 is 2.39 bits per heavy atom. The van der Waals surface area contributed by atoms with Crippen LogP contribution in [0.15, 0.2) is 66.7 Å². The second kappa shape index (κ2) is 8.12. The smallest absolute Gasteiger partial charge is 0.416 e. The summed E-state index contributed by atoms with van der Waals surface area (Å²) in [5.74, 6) is -5.39. The summed E-state index contributed by atoms with van der Waals surface area (Å²) >= 11 is 0. The second-order valence-corrected chi connectivity index (χ2v) is 9.64. The van der Waals surface area contributed by atoms with Gasteiger partial charge in [0.15, 0.2) is 0 Å². The first-order valence-corrected chi connectivity index (χ1v) is 11.7. The molecule has 2 saturated heterocycles. The Morgan fingerprint density at radius 2 is 1.68 bits per heavy atom. The number of amides is 3. The van der Waals surface area contributed by atoms with Crippen molar-refractivity contribution in [2.45, 2.75) is 24.2 Å². The number of hydrogen-bond donors (Lipinski definition) is 3. The fourth-order valence-corrected chi connectivity index (χ4v) is 5.91. The zero-order valence-corrected chi connectivity index (χ0v) is 19.4. The lowest BCUT2D eigenvalue weighted by Gasteiger charge is -2.29. The molecule has 11 heteroatoms. The van der Waals surface area contributed by atoms with Crippen molar-refractivity contribution in [1.29, 1.82) is 0 Å². The number of benzene rings is 3. The molecule has 1 spiro atoms. The molecule has 7 nitrogen and oxygen atoms in total. The number of hydrogen-bond acceptors (Lipinski definition) is 5. The molecule has 4 atom stereocenters. The number of carbonyl (C=O) groups is 3. The zero-order chi connectivity index (χ0) is 27.0. The van der Waals surface area contributed by atoms with Crippen molar-refractivity contribution in [1.82, 2.24) is 5.32 Å². The van der Waals surface area contributed by atoms with Gasteiger partial charge in [-0.05, 0) is 60.5 Å². The summed E-state index contributed by atoms with van der Waals surface area (Å²) in [6, 6.07) is 12.8. The second-order valence-electron chi connectivity index (χ2n) is 9.64. The number of nitrogens with zero attached hydrogens (tertiary/aromatic N) is 1. The molecule has 3 heterocycles. The van der Waals surface area contributed by atoms with E-state index >= 15 is 0 Å². The SMILES string of the molecule is O=C1[C@@H]2[C@H](Cc3ccc(O)cc3)N[C@@]3(C(=O)Nc4ccc(F)cc43)[C@@H]2C(=O)N1c1cccc(C(F)(F)F)c1. The molecule has 3 N–H and O–H groups in total. The molecule has 3 aromatic carbocycles. The predicted octanol–water partition coefficient (Wildman–Crippen LogP) is 3.72. The molecule has 194 valence electrons. The van der Waals surface area contributed by atoms with Gasteiger partial charge in [0.2, 0.25) is 17.7 Å². The molecule has 3 aliphatic heterocycles. The maximum absolute atomic E-state index is 14.4. The minimum Gasteiger partial charge on any atom is -0.508 e. The van der Waals surface area contributed by atoms with Crippen LogP contribution in [0, 0.1) is 17.7 Å². The first-order chi connectivity index (χ1) is 18.0. The van der Waals surface area contributed by atoms with Gasteiger partial charge < -0.3 is 10.4 Å². The van der Waals surface area contributed by atoms with E-state index in [9.17, 15) is 37.1 Å². The lowest BCUT2D eigenvalue weighted by Crippen LogP contribution is -2.53. The molecule has 3 aromatic rings. The van der Waals surface area contributed by atoms with E-state index in [4.69, 9.17) is 0 Å². The summed E-state index contributed by atoms with van der Waals surface area (Å²) in [6.45, 7) is 0. The Hall–Kier alpha value is -4.25. The third-order valence-electron chi connectivity index (χ3n) is 7.50. The van der Waals surface area contributed by atoms with Crippen molar-refractivity contribution in [3.8, 4) is 5.75 Å². The first-order valence-electron chi connectivity index (χ1n) is 11.7. The molecule has 0 bridgehead atoms. The van der Waals surface area contributed by atoms with Gasteiger partial charge in [0, 0.05) is 17.3 Å². The monoisotopic (exact) mass is 525 g/mol. The van der Waals surface area contributed by atoms with E-state index in [1.165, 1.54) is 24.3 Å². The molecule has 0 aliphatic carbocycles. The van der Waals surface area contributed by atoms with Crippen molar-refractivity contribution in [3.63, 3.8) is 0 Å². The molecule has 38 heavy (non-hydrogen) atoms. The quantitative estimate of drug-likeness (QED) is 0.358. The van der Waals surface area contributed by atoms with Crippen LogP contribution >= 0.6 is 0 Å². The third kappa shape index (κ3) is 3.42. The van der Waals surface area contributed by atoms with Crippen LogP contribution in [-0.2, 0) is 32.5 Å². The largest absolute Gasteiger partial charge is 0.508 e. The molecule has 0 saturated carbocycles. The van der Waals surface area contributed by atoms with Crippen LogP contribution in [0.25, 0.3) is 0 Å². The van der Waals surface area contributed by atoms with Crippen LogP contribution < -0.4 is 15.5 Å². The molecule has 0 aromatic heterocycles. The van der Waals surface area contributed by atoms with E-state index in [1.807, 2.05) is 0 Å². The van der Waals surface area contributed by atoms with Crippen molar-refractivity contribution < 1.29 is 37.1 Å². The Bertz CT molecular complexity index is 1510. The third-order valence-corrected chi connectivity index (χ3v) is 7.50. The van der Waals surface area contributed by atoms with Crippen LogP contribution in [0.4, 0.5) is 28.9 Å². The minimum atomic E-state index is -4.70. The number of phenols is 1. The number of nitrogens with one attached hydrogen (secondary N) is 2. The van der Waals surface area contributed by atoms with E-state index in [-0.39, 0.29) is 29.1 Å². The molecular formula is C27H19F4N3O4. The number of alkyl halides is 3. The molecule has 3 amide bonds. The Balaban J connectivity index is 1.49. The zero-order valence-electron chi connectivity index (χ0n) is 19.4. The van der Waals surface area contributed by atoms with Crippen molar-refractivity contribution in [2.75, 3.05) is 10.2 Å². The van der Waals surface area contributed by atoms with Gasteiger partial charge in [-0.3, -0.25) is 19.7 Å². The summed E-state index contributed by atoms with van der Waals surface area (Å²) in [7, 11) is 0. The maximum atomic E-state index is 14.4. The molecule has 6 rings (SSSR count). The van der Waals surface area contributed by atoms with Gasteiger partial charge >= 0.3 is 6.18 Å². The number of carbonyl (C=O) groups excluding carboxylic acids is 3. The predicted molar refractivity (Wildman–Crippen MR) is 126 cm³/mol. The number of imide groups is 1. The van der Waals surface area contributed by atoms with Crippen LogP contribution in [0.5, 0.6) is 5.75 Å². The van der Waals surface area contributed by atoms with E-state index in [0.29, 0.717) is 16.5 Å². The normalized spacial score (nSPS) is 26.2. The Morgan fingerprint density at radius 1 is 0.947 bits per heavy atom. The van der Waals surface area contributed by atoms with Crippen LogP contribution in [0.1, 0.15) is 16.7 Å². The summed E-state index contributed by atoms with van der Waals surface area (Å²) in [4.78, 5) is 41.8. The van der Waals surface area contributed by atoms with Gasteiger partial charge in [-0.2, -0.15) is 13.2 Å². The average Bonchev–Trinajstić information content (AvgIpc) is 3.44. The van der Waals surface area contributed by atoms with Gasteiger partial charge in [-0.15, -0.1) is 0 Å². The summed E-state index contributed by atoms with van der Waals surface area (Å²) in [5.41, 5.74) is -2.02. The minimum absolute atomic E-state index is 0.0184. The van der Waals surface area contributed by atoms with E-state index in [1.54, 1.807) is 12.1 Å². The molecule has 2 fully saturated rings. The number of halogens is 4. The summed E-state index contributed by atoms with van der Waals surface area (Å²) < 4.78 is 54.6. The maximum Gasteiger partial charge on any atom is 0.416 e. The van der Waals surface area contributed by atoms with Gasteiger partial charge in [-0.25, -0.2) is 9.29 Å². The first kappa shape index (κ1) is 24.1. The Labute approximate surface area is 213 Å². The highest BCUT2D eigenvalue weighted by Gasteiger charge is 2.70. The molecule has 0 unspecified atom stereocenters. The Kier molecular flexibility index (Phi) is 5.15. The summed E-state index contributed by atoms with van der Waals surface area (Å²) in [6.07, 6.45) is -4.56. The number of phenolic OH excluding ortho intramolecular Hbond substituents is 1. The fourth-order valence-electron chi connectivity index (χ4n) is 5.91. The van der Waals surface area contributed by atoms with Crippen LogP contribution in [-0.4, -0.2) is 28.9 Å². The fraction of sp³-hybridized carbons (Fsp3) is 0.222. The van der Waals surface area contributed by atoms with Crippen LogP contribution in [0.3, 0.4) is 0 Å². The van der Waals surface area contributed by atoms with E-state index < -0.39 is 58.7 Å². The highest BCUT2D eigenvalue weighted by Crippen LogP contribution is 2.54. The number of aromatic hydroxyl groups is 1. The van der Waals surface area contributed by atoms with E-state index in [0.717, 1.165) is 24.3 Å². The number of rotatable bonds is 3.